The third-order valence-electron chi connectivity index (χ3n) is 4.10. The average Bonchev–Trinajstić information content (AvgIpc) is 2.72. The quantitative estimate of drug-likeness (QED) is 0.310. The van der Waals surface area contributed by atoms with E-state index < -0.39 is 11.6 Å². The number of fused-ring (bicyclic) bond motifs is 1. The molecule has 2 aromatic carbocycles. The zero-order chi connectivity index (χ0) is 20.2. The minimum absolute atomic E-state index is 0.0950. The number of hydrogen-bond donors (Lipinski definition) is 0. The van der Waals surface area contributed by atoms with Crippen molar-refractivity contribution in [3.63, 3.8) is 0 Å². The average molecular weight is 452 g/mol. The molecule has 0 saturated carbocycles. The van der Waals surface area contributed by atoms with E-state index in [0.29, 0.717) is 22.3 Å². The lowest BCUT2D eigenvalue weighted by Crippen LogP contribution is -2.09. The minimum atomic E-state index is -0.609. The molecule has 0 N–H and O–H groups in total. The monoisotopic (exact) mass is 451 g/mol. The number of nitrogens with zero attached hydrogens (tertiary/aromatic N) is 1. The van der Waals surface area contributed by atoms with Crippen LogP contribution in [-0.4, -0.2) is 11.0 Å². The zero-order valence-electron chi connectivity index (χ0n) is 15.0. The van der Waals surface area contributed by atoms with Gasteiger partial charge in [0.2, 0.25) is 5.88 Å². The van der Waals surface area contributed by atoms with Crippen molar-refractivity contribution >= 4 is 32.9 Å². The number of esters is 1. The molecule has 0 atom stereocenters. The summed E-state index contributed by atoms with van der Waals surface area (Å²) in [6.45, 7) is -0.0950. The molecule has 0 aliphatic carbocycles. The lowest BCUT2D eigenvalue weighted by Gasteiger charge is -2.10. The zero-order valence-corrected chi connectivity index (χ0v) is 16.6. The van der Waals surface area contributed by atoms with E-state index in [-0.39, 0.29) is 18.1 Å². The van der Waals surface area contributed by atoms with Gasteiger partial charge in [0.05, 0.1) is 0 Å². The van der Waals surface area contributed by atoms with Crippen LogP contribution in [0.4, 0.5) is 0 Å². The Labute approximate surface area is 173 Å². The third kappa shape index (κ3) is 4.35. The third-order valence-corrected chi connectivity index (χ3v) is 4.59. The van der Waals surface area contributed by atoms with E-state index in [1.165, 1.54) is 12.3 Å². The van der Waals surface area contributed by atoms with Crippen LogP contribution in [0.5, 0.6) is 11.6 Å². The summed E-state index contributed by atoms with van der Waals surface area (Å²) in [6.07, 6.45) is 1.53. The Morgan fingerprint density at radius 1 is 1.03 bits per heavy atom. The molecule has 7 heteroatoms. The van der Waals surface area contributed by atoms with Gasteiger partial charge < -0.3 is 13.9 Å². The largest absolute Gasteiger partial charge is 0.457 e. The minimum Gasteiger partial charge on any atom is -0.457 e. The molecule has 4 aromatic rings. The summed E-state index contributed by atoms with van der Waals surface area (Å²) in [5, 5.41) is 0.688. The highest BCUT2D eigenvalue weighted by Crippen LogP contribution is 2.25. The lowest BCUT2D eigenvalue weighted by atomic mass is 10.1. The normalized spacial score (nSPS) is 10.7. The Morgan fingerprint density at radius 3 is 2.69 bits per heavy atom. The van der Waals surface area contributed by atoms with Gasteiger partial charge in [-0.05, 0) is 42.5 Å². The van der Waals surface area contributed by atoms with E-state index >= 15 is 0 Å². The Bertz CT molecular complexity index is 1240. The standard InChI is InChI=1S/C22H14BrNO5/c23-15-8-9-17-14(11-20(25)29-19(17)12-15)13-27-22(26)18-7-4-10-24-21(18)28-16-5-2-1-3-6-16/h1-12H,13H2. The first-order valence-electron chi connectivity index (χ1n) is 8.67. The number of aromatic nitrogens is 1. The van der Waals surface area contributed by atoms with Crippen molar-refractivity contribution in [1.82, 2.24) is 4.98 Å². The Morgan fingerprint density at radius 2 is 1.86 bits per heavy atom. The molecule has 0 spiro atoms. The topological polar surface area (TPSA) is 78.6 Å². The first kappa shape index (κ1) is 18.9. The summed E-state index contributed by atoms with van der Waals surface area (Å²) < 4.78 is 17.1. The van der Waals surface area contributed by atoms with Crippen molar-refractivity contribution in [3.8, 4) is 11.6 Å². The van der Waals surface area contributed by atoms with Crippen molar-refractivity contribution in [2.24, 2.45) is 0 Å². The number of rotatable bonds is 5. The molecule has 144 valence electrons. The Kier molecular flexibility index (Phi) is 5.39. The van der Waals surface area contributed by atoms with Gasteiger partial charge >= 0.3 is 11.6 Å². The summed E-state index contributed by atoms with van der Waals surface area (Å²) in [5.41, 5.74) is 0.626. The van der Waals surface area contributed by atoms with Gasteiger partial charge in [-0.25, -0.2) is 14.6 Å². The van der Waals surface area contributed by atoms with Crippen LogP contribution in [0, 0.1) is 0 Å². The second-order valence-electron chi connectivity index (χ2n) is 6.08. The van der Waals surface area contributed by atoms with Crippen LogP contribution in [0.2, 0.25) is 0 Å². The van der Waals surface area contributed by atoms with E-state index in [0.717, 1.165) is 4.47 Å². The van der Waals surface area contributed by atoms with E-state index in [1.54, 1.807) is 36.4 Å². The maximum absolute atomic E-state index is 12.7. The maximum Gasteiger partial charge on any atom is 0.344 e. The number of ether oxygens (including phenoxy) is 2. The van der Waals surface area contributed by atoms with Crippen molar-refractivity contribution in [2.75, 3.05) is 0 Å². The molecule has 0 saturated heterocycles. The summed E-state index contributed by atoms with van der Waals surface area (Å²) in [6, 6.07) is 18.8. The van der Waals surface area contributed by atoms with Crippen LogP contribution in [0.25, 0.3) is 11.0 Å². The van der Waals surface area contributed by atoms with Gasteiger partial charge in [-0.3, -0.25) is 0 Å². The molecule has 0 aliphatic heterocycles. The predicted molar refractivity (Wildman–Crippen MR) is 110 cm³/mol. The van der Waals surface area contributed by atoms with Gasteiger partial charge in [0.25, 0.3) is 0 Å². The highest BCUT2D eigenvalue weighted by Gasteiger charge is 2.17. The summed E-state index contributed by atoms with van der Waals surface area (Å²) >= 11 is 3.34. The fourth-order valence-electron chi connectivity index (χ4n) is 2.77. The summed E-state index contributed by atoms with van der Waals surface area (Å²) in [7, 11) is 0. The van der Waals surface area contributed by atoms with Gasteiger partial charge in [0.1, 0.15) is 23.5 Å². The SMILES string of the molecule is O=C(OCc1cc(=O)oc2cc(Br)ccc12)c1cccnc1Oc1ccccc1. The number of hydrogen-bond acceptors (Lipinski definition) is 6. The van der Waals surface area contributed by atoms with Gasteiger partial charge in [-0.2, -0.15) is 0 Å². The predicted octanol–water partition coefficient (Wildman–Crippen LogP) is 5.10. The smallest absolute Gasteiger partial charge is 0.344 e. The second kappa shape index (κ2) is 8.28. The number of pyridine rings is 1. The van der Waals surface area contributed by atoms with Crippen molar-refractivity contribution in [2.45, 2.75) is 6.61 Å². The molecule has 0 fully saturated rings. The number of benzene rings is 2. The van der Waals surface area contributed by atoms with Crippen molar-refractivity contribution in [1.29, 1.82) is 0 Å². The highest BCUT2D eigenvalue weighted by atomic mass is 79.9. The second-order valence-corrected chi connectivity index (χ2v) is 6.99. The fourth-order valence-corrected chi connectivity index (χ4v) is 3.11. The van der Waals surface area contributed by atoms with Crippen LogP contribution in [-0.2, 0) is 11.3 Å². The van der Waals surface area contributed by atoms with Gasteiger partial charge in [-0.1, -0.05) is 34.1 Å². The van der Waals surface area contributed by atoms with Crippen molar-refractivity contribution in [3.05, 3.63) is 98.9 Å². The van der Waals surface area contributed by atoms with E-state index in [1.807, 2.05) is 24.3 Å². The number of halogens is 1. The van der Waals surface area contributed by atoms with Crippen LogP contribution in [0.1, 0.15) is 15.9 Å². The molecule has 0 aliphatic rings. The molecule has 0 unspecified atom stereocenters. The van der Waals surface area contributed by atoms with Crippen molar-refractivity contribution < 1.29 is 18.7 Å². The number of carbonyl (C=O) groups excluding carboxylic acids is 1. The number of carbonyl (C=O) groups is 1. The summed E-state index contributed by atoms with van der Waals surface area (Å²) in [4.78, 5) is 28.6. The molecule has 2 heterocycles. The Hall–Kier alpha value is -3.45. The molecule has 4 rings (SSSR count). The molecule has 0 bridgehead atoms. The van der Waals surface area contributed by atoms with Crippen LogP contribution in [0.3, 0.4) is 0 Å². The maximum atomic E-state index is 12.7. The molecular weight excluding hydrogens is 438 g/mol. The van der Waals surface area contributed by atoms with Crippen LogP contribution in [0.15, 0.2) is 86.6 Å². The lowest BCUT2D eigenvalue weighted by molar-refractivity contribution is 0.0470. The van der Waals surface area contributed by atoms with E-state index in [4.69, 9.17) is 13.9 Å². The molecule has 29 heavy (non-hydrogen) atoms. The van der Waals surface area contributed by atoms with E-state index in [2.05, 4.69) is 20.9 Å². The molecular formula is C22H14BrNO5. The van der Waals surface area contributed by atoms with Crippen LogP contribution >= 0.6 is 15.9 Å². The first-order valence-corrected chi connectivity index (χ1v) is 9.47. The molecule has 0 radical (unpaired) electrons. The van der Waals surface area contributed by atoms with Crippen LogP contribution < -0.4 is 10.4 Å². The van der Waals surface area contributed by atoms with Gasteiger partial charge in [0, 0.05) is 27.7 Å². The summed E-state index contributed by atoms with van der Waals surface area (Å²) in [5.74, 6) is 0.0880. The van der Waals surface area contributed by atoms with Gasteiger partial charge in [-0.15, -0.1) is 0 Å². The Balaban J connectivity index is 1.57. The van der Waals surface area contributed by atoms with Gasteiger partial charge in [0.15, 0.2) is 0 Å². The first-order chi connectivity index (χ1) is 14.1. The molecule has 2 aromatic heterocycles. The van der Waals surface area contributed by atoms with E-state index in [9.17, 15) is 9.59 Å². The number of para-hydroxylation sites is 1. The fraction of sp³-hybridized carbons (Fsp3) is 0.0455. The molecule has 0 amide bonds. The highest BCUT2D eigenvalue weighted by molar-refractivity contribution is 9.10. The molecule has 6 nitrogen and oxygen atoms in total.